The van der Waals surface area contributed by atoms with Crippen LogP contribution in [-0.2, 0) is 6.42 Å². The maximum absolute atomic E-state index is 5.38. The normalized spacial score (nSPS) is 23.5. The Kier molecular flexibility index (Phi) is 5.58. The van der Waals surface area contributed by atoms with E-state index in [9.17, 15) is 0 Å². The third kappa shape index (κ3) is 3.66. The molecule has 0 radical (unpaired) electrons. The number of rotatable bonds is 4. The van der Waals surface area contributed by atoms with Crippen molar-refractivity contribution in [2.45, 2.75) is 64.7 Å². The summed E-state index contributed by atoms with van der Waals surface area (Å²) in [5.74, 6) is 2.61. The summed E-state index contributed by atoms with van der Waals surface area (Å²) in [6.45, 7) is 4.49. The molecule has 2 rings (SSSR count). The zero-order chi connectivity index (χ0) is 13.8. The van der Waals surface area contributed by atoms with E-state index in [2.05, 4.69) is 39.7 Å². The van der Waals surface area contributed by atoms with Gasteiger partial charge in [0.1, 0.15) is 10.5 Å². The van der Waals surface area contributed by atoms with Gasteiger partial charge in [-0.15, -0.1) is 0 Å². The molecule has 0 unspecified atom stereocenters. The molecule has 1 aliphatic carbocycles. The van der Waals surface area contributed by atoms with Crippen molar-refractivity contribution in [1.82, 2.24) is 9.97 Å². The number of H-pyrrole nitrogens is 1. The van der Waals surface area contributed by atoms with Crippen molar-refractivity contribution < 1.29 is 0 Å². The molecule has 1 fully saturated rings. The van der Waals surface area contributed by atoms with Crippen molar-refractivity contribution in [2.75, 3.05) is 0 Å². The first kappa shape index (κ1) is 15.2. The predicted molar refractivity (Wildman–Crippen MR) is 86.1 cm³/mol. The van der Waals surface area contributed by atoms with E-state index in [1.54, 1.807) is 0 Å². The predicted octanol–water partition coefficient (Wildman–Crippen LogP) is 5.54. The van der Waals surface area contributed by atoms with Gasteiger partial charge in [-0.3, -0.25) is 0 Å². The van der Waals surface area contributed by atoms with Crippen LogP contribution in [0.5, 0.6) is 0 Å². The smallest absolute Gasteiger partial charge is 0.144 e. The van der Waals surface area contributed by atoms with Crippen LogP contribution in [0.4, 0.5) is 0 Å². The molecular formula is C15H23BrN2S. The Hall–Kier alpha value is -0.220. The number of halogens is 1. The van der Waals surface area contributed by atoms with Crippen molar-refractivity contribution in [1.29, 1.82) is 0 Å². The largest absolute Gasteiger partial charge is 0.346 e. The van der Waals surface area contributed by atoms with Crippen LogP contribution in [0.15, 0.2) is 4.47 Å². The third-order valence-corrected chi connectivity index (χ3v) is 5.68. The second kappa shape index (κ2) is 6.98. The standard InChI is InChI=1S/C15H23BrN2S/c1-3-5-12-13(16)15(19)18-14(17-12)11-8-6-10(4-2)7-9-11/h10-11H,3-9H2,1-2H3,(H,17,18,19). The Morgan fingerprint density at radius 3 is 2.53 bits per heavy atom. The Morgan fingerprint density at radius 1 is 1.26 bits per heavy atom. The number of aromatic amines is 1. The molecule has 0 atom stereocenters. The Bertz CT molecular complexity index is 476. The lowest BCUT2D eigenvalue weighted by molar-refractivity contribution is 0.311. The fourth-order valence-corrected chi connectivity index (χ4v) is 3.59. The van der Waals surface area contributed by atoms with Crippen molar-refractivity contribution in [2.24, 2.45) is 5.92 Å². The summed E-state index contributed by atoms with van der Waals surface area (Å²) in [5.41, 5.74) is 1.22. The SMILES string of the molecule is CCCc1[nH]c(C2CCC(CC)CC2)nc(=S)c1Br. The monoisotopic (exact) mass is 342 g/mol. The van der Waals surface area contributed by atoms with Crippen LogP contribution in [0.2, 0.25) is 0 Å². The minimum absolute atomic E-state index is 0.577. The second-order valence-corrected chi connectivity index (χ2v) is 6.78. The van der Waals surface area contributed by atoms with Gasteiger partial charge in [0.15, 0.2) is 0 Å². The van der Waals surface area contributed by atoms with Gasteiger partial charge >= 0.3 is 0 Å². The minimum atomic E-state index is 0.577. The Morgan fingerprint density at radius 2 is 1.95 bits per heavy atom. The molecule has 1 aromatic heterocycles. The van der Waals surface area contributed by atoms with Gasteiger partial charge < -0.3 is 4.98 Å². The van der Waals surface area contributed by atoms with Gasteiger partial charge in [0, 0.05) is 11.6 Å². The molecule has 2 nitrogen and oxygen atoms in total. The molecule has 1 aromatic rings. The molecule has 0 saturated heterocycles. The van der Waals surface area contributed by atoms with Gasteiger partial charge in [-0.1, -0.05) is 38.9 Å². The van der Waals surface area contributed by atoms with E-state index in [0.717, 1.165) is 33.7 Å². The van der Waals surface area contributed by atoms with Crippen molar-refractivity contribution in [3.63, 3.8) is 0 Å². The summed E-state index contributed by atoms with van der Waals surface area (Å²) >= 11 is 8.94. The van der Waals surface area contributed by atoms with Crippen LogP contribution >= 0.6 is 28.1 Å². The highest BCUT2D eigenvalue weighted by molar-refractivity contribution is 9.10. The molecule has 1 aliphatic rings. The van der Waals surface area contributed by atoms with E-state index in [4.69, 9.17) is 12.2 Å². The molecule has 0 spiro atoms. The Labute approximate surface area is 129 Å². The van der Waals surface area contributed by atoms with E-state index < -0.39 is 0 Å². The first-order valence-corrected chi connectivity index (χ1v) is 8.64. The summed E-state index contributed by atoms with van der Waals surface area (Å²) in [5, 5.41) is 0. The maximum atomic E-state index is 5.38. The molecular weight excluding hydrogens is 320 g/mol. The third-order valence-electron chi connectivity index (χ3n) is 4.26. The number of nitrogens with one attached hydrogen (secondary N) is 1. The number of hydrogen-bond donors (Lipinski definition) is 1. The average molecular weight is 343 g/mol. The number of nitrogens with zero attached hydrogens (tertiary/aromatic N) is 1. The van der Waals surface area contributed by atoms with Crippen LogP contribution in [0.3, 0.4) is 0 Å². The van der Waals surface area contributed by atoms with Crippen LogP contribution in [0, 0.1) is 10.6 Å². The number of aryl methyl sites for hydroxylation is 1. The topological polar surface area (TPSA) is 28.7 Å². The van der Waals surface area contributed by atoms with Gasteiger partial charge in [-0.05, 0) is 54.0 Å². The Balaban J connectivity index is 2.19. The van der Waals surface area contributed by atoms with Crippen molar-refractivity contribution in [3.8, 4) is 0 Å². The molecule has 1 heterocycles. The zero-order valence-corrected chi connectivity index (χ0v) is 14.2. The summed E-state index contributed by atoms with van der Waals surface area (Å²) in [6.07, 6.45) is 8.65. The molecule has 0 bridgehead atoms. The highest BCUT2D eigenvalue weighted by Gasteiger charge is 2.23. The number of hydrogen-bond acceptors (Lipinski definition) is 2. The van der Waals surface area contributed by atoms with Crippen molar-refractivity contribution in [3.05, 3.63) is 20.6 Å². The van der Waals surface area contributed by atoms with Gasteiger partial charge in [-0.25, -0.2) is 4.98 Å². The molecule has 0 aliphatic heterocycles. The van der Waals surface area contributed by atoms with Gasteiger partial charge in [0.25, 0.3) is 0 Å². The maximum Gasteiger partial charge on any atom is 0.144 e. The molecule has 106 valence electrons. The number of aromatic nitrogens is 2. The summed E-state index contributed by atoms with van der Waals surface area (Å²) in [6, 6.07) is 0. The summed E-state index contributed by atoms with van der Waals surface area (Å²) in [4.78, 5) is 8.13. The molecule has 1 saturated carbocycles. The van der Waals surface area contributed by atoms with E-state index in [0.29, 0.717) is 5.92 Å². The highest BCUT2D eigenvalue weighted by Crippen LogP contribution is 2.36. The minimum Gasteiger partial charge on any atom is -0.346 e. The van der Waals surface area contributed by atoms with Crippen LogP contribution in [-0.4, -0.2) is 9.97 Å². The lowest BCUT2D eigenvalue weighted by atomic mass is 9.80. The quantitative estimate of drug-likeness (QED) is 0.727. The van der Waals surface area contributed by atoms with Crippen LogP contribution in [0.1, 0.15) is 69.8 Å². The van der Waals surface area contributed by atoms with Gasteiger partial charge in [-0.2, -0.15) is 0 Å². The molecule has 0 amide bonds. The first-order valence-electron chi connectivity index (χ1n) is 7.44. The lowest BCUT2D eigenvalue weighted by Gasteiger charge is -2.27. The van der Waals surface area contributed by atoms with E-state index >= 15 is 0 Å². The summed E-state index contributed by atoms with van der Waals surface area (Å²) < 4.78 is 1.70. The second-order valence-electron chi connectivity index (χ2n) is 5.60. The lowest BCUT2D eigenvalue weighted by Crippen LogP contribution is -2.16. The summed E-state index contributed by atoms with van der Waals surface area (Å²) in [7, 11) is 0. The van der Waals surface area contributed by atoms with Crippen molar-refractivity contribution >= 4 is 28.1 Å². The average Bonchev–Trinajstić information content (AvgIpc) is 2.44. The van der Waals surface area contributed by atoms with E-state index in [1.807, 2.05) is 0 Å². The van der Waals surface area contributed by atoms with Gasteiger partial charge in [0.05, 0.1) is 4.47 Å². The molecule has 0 aromatic carbocycles. The van der Waals surface area contributed by atoms with Crippen LogP contribution < -0.4 is 0 Å². The van der Waals surface area contributed by atoms with E-state index in [1.165, 1.54) is 37.8 Å². The van der Waals surface area contributed by atoms with Crippen LogP contribution in [0.25, 0.3) is 0 Å². The van der Waals surface area contributed by atoms with E-state index in [-0.39, 0.29) is 0 Å². The first-order chi connectivity index (χ1) is 9.15. The molecule has 1 N–H and O–H groups in total. The highest BCUT2D eigenvalue weighted by atomic mass is 79.9. The fourth-order valence-electron chi connectivity index (χ4n) is 2.98. The molecule has 19 heavy (non-hydrogen) atoms. The zero-order valence-electron chi connectivity index (χ0n) is 11.8. The van der Waals surface area contributed by atoms with Gasteiger partial charge in [0.2, 0.25) is 0 Å². The molecule has 4 heteroatoms. The fraction of sp³-hybridized carbons (Fsp3) is 0.733.